The summed E-state index contributed by atoms with van der Waals surface area (Å²) in [5.74, 6) is 0. The lowest BCUT2D eigenvalue weighted by atomic mass is 10.0. The van der Waals surface area contributed by atoms with Crippen LogP contribution in [0.1, 0.15) is 23.7 Å². The van der Waals surface area contributed by atoms with Crippen molar-refractivity contribution in [3.63, 3.8) is 0 Å². The highest BCUT2D eigenvalue weighted by molar-refractivity contribution is 9.10. The number of benzene rings is 2. The molecule has 3 aromatic rings. The maximum Gasteiger partial charge on any atom is 0.129 e. The van der Waals surface area contributed by atoms with Gasteiger partial charge in [-0.1, -0.05) is 38.8 Å². The molecule has 4 nitrogen and oxygen atoms in total. The van der Waals surface area contributed by atoms with Crippen molar-refractivity contribution >= 4 is 55.3 Å². The molecule has 0 atom stereocenters. The van der Waals surface area contributed by atoms with Gasteiger partial charge in [-0.05, 0) is 74.1 Å². The Hall–Kier alpha value is -2.08. The number of oxime groups is 1. The molecule has 1 heterocycles. The lowest BCUT2D eigenvalue weighted by Gasteiger charge is -2.10. The van der Waals surface area contributed by atoms with Crippen LogP contribution >= 0.6 is 27.5 Å². The molecular weight excluding hydrogens is 450 g/mol. The number of nitrogens with zero attached hydrogens (tertiary/aromatic N) is 2. The summed E-state index contributed by atoms with van der Waals surface area (Å²) >= 11 is 9.78. The third kappa shape index (κ3) is 4.27. The summed E-state index contributed by atoms with van der Waals surface area (Å²) in [6.07, 6.45) is 0.842. The largest absolute Gasteiger partial charge is 0.394 e. The van der Waals surface area contributed by atoms with Gasteiger partial charge in [-0.25, -0.2) is 0 Å². The van der Waals surface area contributed by atoms with Gasteiger partial charge in [0, 0.05) is 44.6 Å². The van der Waals surface area contributed by atoms with Crippen molar-refractivity contribution in [2.45, 2.75) is 13.3 Å². The van der Waals surface area contributed by atoms with Gasteiger partial charge in [0.1, 0.15) is 6.61 Å². The lowest BCUT2D eigenvalue weighted by molar-refractivity contribution is 0.126. The van der Waals surface area contributed by atoms with Crippen molar-refractivity contribution in [3.8, 4) is 0 Å². The number of aromatic nitrogens is 1. The number of likely N-dealkylation sites (N-methyl/N-ethyl adjacent to an activating group) is 1. The third-order valence-corrected chi connectivity index (χ3v) is 5.83. The van der Waals surface area contributed by atoms with Crippen LogP contribution in [0.25, 0.3) is 22.0 Å². The van der Waals surface area contributed by atoms with Gasteiger partial charge >= 0.3 is 0 Å². The van der Waals surface area contributed by atoms with E-state index in [4.69, 9.17) is 16.4 Å². The van der Waals surface area contributed by atoms with Gasteiger partial charge < -0.3 is 14.7 Å². The molecule has 1 aliphatic rings. The van der Waals surface area contributed by atoms with E-state index in [-0.39, 0.29) is 0 Å². The van der Waals surface area contributed by atoms with Gasteiger partial charge in [0.15, 0.2) is 0 Å². The van der Waals surface area contributed by atoms with Crippen LogP contribution in [0, 0.1) is 0 Å². The quantitative estimate of drug-likeness (QED) is 0.271. The predicted molar refractivity (Wildman–Crippen MR) is 126 cm³/mol. The molecule has 0 amide bonds. The zero-order valence-electron chi connectivity index (χ0n) is 16.7. The van der Waals surface area contributed by atoms with Crippen molar-refractivity contribution in [2.75, 3.05) is 27.2 Å². The van der Waals surface area contributed by atoms with E-state index < -0.39 is 0 Å². The number of allylic oxidation sites excluding steroid dienone is 2. The zero-order chi connectivity index (χ0) is 20.5. The average Bonchev–Trinajstić information content (AvgIpc) is 3.25. The summed E-state index contributed by atoms with van der Waals surface area (Å²) in [4.78, 5) is 11.2. The molecular formula is C23H23BrClN3O. The summed E-state index contributed by atoms with van der Waals surface area (Å²) in [5, 5.41) is 6.27. The van der Waals surface area contributed by atoms with Crippen LogP contribution in [0.5, 0.6) is 0 Å². The van der Waals surface area contributed by atoms with E-state index in [0.717, 1.165) is 50.3 Å². The van der Waals surface area contributed by atoms with Crippen LogP contribution in [0.4, 0.5) is 0 Å². The highest BCUT2D eigenvalue weighted by Gasteiger charge is 2.26. The fourth-order valence-electron chi connectivity index (χ4n) is 3.71. The minimum atomic E-state index is 0.561. The summed E-state index contributed by atoms with van der Waals surface area (Å²) in [6, 6.07) is 14.5. The van der Waals surface area contributed by atoms with E-state index in [9.17, 15) is 0 Å². The SMILES string of the molecule is C/C(=N\OCCN(C)C)C1=C(c2cc3cc(Cl)ccc3[nH]2)Cc2cc(Br)ccc21. The Balaban J connectivity index is 1.76. The Bertz CT molecular complexity index is 1130. The Morgan fingerprint density at radius 1 is 1.21 bits per heavy atom. The second kappa shape index (κ2) is 8.34. The van der Waals surface area contributed by atoms with Crippen molar-refractivity contribution in [1.82, 2.24) is 9.88 Å². The van der Waals surface area contributed by atoms with Crippen LogP contribution in [-0.2, 0) is 11.3 Å². The fourth-order valence-corrected chi connectivity index (χ4v) is 4.30. The first-order valence-corrected chi connectivity index (χ1v) is 10.7. The molecule has 4 rings (SSSR count). The number of aromatic amines is 1. The van der Waals surface area contributed by atoms with Gasteiger partial charge in [0.2, 0.25) is 0 Å². The van der Waals surface area contributed by atoms with Crippen molar-refractivity contribution < 1.29 is 4.84 Å². The summed E-state index contributed by atoms with van der Waals surface area (Å²) in [6.45, 7) is 3.40. The molecule has 2 aromatic carbocycles. The third-order valence-electron chi connectivity index (χ3n) is 5.11. The van der Waals surface area contributed by atoms with Crippen molar-refractivity contribution in [2.24, 2.45) is 5.16 Å². The molecule has 0 saturated carbocycles. The average molecular weight is 473 g/mol. The number of fused-ring (bicyclic) bond motifs is 2. The Morgan fingerprint density at radius 3 is 2.83 bits per heavy atom. The number of halogens is 2. The first-order valence-electron chi connectivity index (χ1n) is 9.54. The van der Waals surface area contributed by atoms with E-state index >= 15 is 0 Å². The normalized spacial score (nSPS) is 14.2. The topological polar surface area (TPSA) is 40.6 Å². The molecule has 0 bridgehead atoms. The number of nitrogens with one attached hydrogen (secondary N) is 1. The van der Waals surface area contributed by atoms with E-state index in [2.05, 4.69) is 55.2 Å². The number of hydrogen-bond donors (Lipinski definition) is 1. The van der Waals surface area contributed by atoms with Gasteiger partial charge in [-0.3, -0.25) is 0 Å². The van der Waals surface area contributed by atoms with Gasteiger partial charge in [0.25, 0.3) is 0 Å². The molecule has 1 N–H and O–H groups in total. The lowest BCUT2D eigenvalue weighted by Crippen LogP contribution is -2.17. The molecule has 0 saturated heterocycles. The van der Waals surface area contributed by atoms with E-state index in [1.807, 2.05) is 39.2 Å². The first-order chi connectivity index (χ1) is 13.9. The molecule has 0 radical (unpaired) electrons. The molecule has 0 spiro atoms. The molecule has 1 aromatic heterocycles. The smallest absolute Gasteiger partial charge is 0.129 e. The Kier molecular flexibility index (Phi) is 5.81. The second-order valence-electron chi connectivity index (χ2n) is 7.56. The standard InChI is InChI=1S/C23H23BrClN3O/c1-14(27-29-9-8-28(2)3)23-19-6-4-17(24)10-15(19)12-20(23)22-13-16-11-18(25)5-7-21(16)26-22/h4-7,10-11,13,26H,8-9,12H2,1-3H3/b27-14+. The molecule has 29 heavy (non-hydrogen) atoms. The second-order valence-corrected chi connectivity index (χ2v) is 8.91. The van der Waals surface area contributed by atoms with Crippen LogP contribution in [0.3, 0.4) is 0 Å². The Labute approximate surface area is 184 Å². The zero-order valence-corrected chi connectivity index (χ0v) is 19.1. The minimum Gasteiger partial charge on any atom is -0.394 e. The fraction of sp³-hybridized carbons (Fsp3) is 0.261. The van der Waals surface area contributed by atoms with Gasteiger partial charge in [-0.2, -0.15) is 0 Å². The van der Waals surface area contributed by atoms with Crippen LogP contribution < -0.4 is 0 Å². The molecule has 1 aliphatic carbocycles. The highest BCUT2D eigenvalue weighted by atomic mass is 79.9. The van der Waals surface area contributed by atoms with E-state index in [1.54, 1.807) is 0 Å². The molecule has 0 fully saturated rings. The van der Waals surface area contributed by atoms with Crippen LogP contribution in [0.2, 0.25) is 5.02 Å². The van der Waals surface area contributed by atoms with Crippen molar-refractivity contribution in [3.05, 3.63) is 68.8 Å². The molecule has 0 unspecified atom stereocenters. The van der Waals surface area contributed by atoms with Gasteiger partial charge in [0.05, 0.1) is 5.71 Å². The summed E-state index contributed by atoms with van der Waals surface area (Å²) in [5.41, 5.74) is 7.90. The maximum atomic E-state index is 6.18. The van der Waals surface area contributed by atoms with E-state index in [1.165, 1.54) is 16.7 Å². The Morgan fingerprint density at radius 2 is 2.03 bits per heavy atom. The number of rotatable bonds is 6. The molecule has 0 aliphatic heterocycles. The summed E-state index contributed by atoms with van der Waals surface area (Å²) in [7, 11) is 4.04. The number of hydrogen-bond acceptors (Lipinski definition) is 3. The maximum absolute atomic E-state index is 6.18. The van der Waals surface area contributed by atoms with Crippen LogP contribution in [0.15, 0.2) is 52.1 Å². The first kappa shape index (κ1) is 20.2. The monoisotopic (exact) mass is 471 g/mol. The van der Waals surface area contributed by atoms with E-state index in [0.29, 0.717) is 6.61 Å². The molecule has 6 heteroatoms. The van der Waals surface area contributed by atoms with Gasteiger partial charge in [-0.15, -0.1) is 0 Å². The molecule has 150 valence electrons. The highest BCUT2D eigenvalue weighted by Crippen LogP contribution is 2.41. The van der Waals surface area contributed by atoms with Crippen molar-refractivity contribution in [1.29, 1.82) is 0 Å². The predicted octanol–water partition coefficient (Wildman–Crippen LogP) is 6.00. The summed E-state index contributed by atoms with van der Waals surface area (Å²) < 4.78 is 1.08. The minimum absolute atomic E-state index is 0.561. The number of H-pyrrole nitrogens is 1. The van der Waals surface area contributed by atoms with Crippen LogP contribution in [-0.4, -0.2) is 42.8 Å².